The maximum absolute atomic E-state index is 15.5. The monoisotopic (exact) mass is 1330 g/mol. The number of hydrogen-bond donors (Lipinski definition) is 2. The van der Waals surface area contributed by atoms with E-state index in [4.69, 9.17) is 33.2 Å². The normalized spacial score (nSPS) is 21.3. The van der Waals surface area contributed by atoms with Crippen LogP contribution in [0.2, 0.25) is 0 Å². The molecule has 7 fully saturated rings. The summed E-state index contributed by atoms with van der Waals surface area (Å²) in [5.41, 5.74) is 4.27. The van der Waals surface area contributed by atoms with Gasteiger partial charge in [0.15, 0.2) is 0 Å². The number of carbonyl (C=O) groups is 4. The minimum Gasteiger partial charge on any atom is -0.473 e. The summed E-state index contributed by atoms with van der Waals surface area (Å²) in [6, 6.07) is 14.9. The largest absolute Gasteiger partial charge is 0.494 e. The van der Waals surface area contributed by atoms with Crippen LogP contribution in [-0.4, -0.2) is 170 Å². The number of hydrogen-bond acceptors (Lipinski definition) is 16. The first-order valence-corrected chi connectivity index (χ1v) is 32.9. The van der Waals surface area contributed by atoms with Gasteiger partial charge in [-0.1, -0.05) is 12.1 Å². The third kappa shape index (κ3) is 15.3. The van der Waals surface area contributed by atoms with E-state index in [1.807, 2.05) is 130 Å². The van der Waals surface area contributed by atoms with Gasteiger partial charge in [0.05, 0.1) is 52.0 Å². The van der Waals surface area contributed by atoms with Crippen LogP contribution in [0.3, 0.4) is 0 Å². The summed E-state index contributed by atoms with van der Waals surface area (Å²) in [6.45, 7) is 28.2. The summed E-state index contributed by atoms with van der Waals surface area (Å²) < 4.78 is 70.8. The van der Waals surface area contributed by atoms with Gasteiger partial charge < -0.3 is 67.6 Å². The molecule has 2 N–H and O–H groups in total. The van der Waals surface area contributed by atoms with Crippen LogP contribution in [0.1, 0.15) is 134 Å². The number of fused-ring (bicyclic) bond motifs is 2. The Morgan fingerprint density at radius 3 is 1.48 bits per heavy atom. The van der Waals surface area contributed by atoms with Gasteiger partial charge in [-0.2, -0.15) is 0 Å². The first-order chi connectivity index (χ1) is 43.5. The van der Waals surface area contributed by atoms with Crippen molar-refractivity contribution in [1.82, 2.24) is 49.5 Å². The lowest BCUT2D eigenvalue weighted by atomic mass is 9.79. The zero-order valence-electron chi connectivity index (χ0n) is 54.8. The summed E-state index contributed by atoms with van der Waals surface area (Å²) in [6.07, 6.45) is 8.17. The molecular weight excluding hydrogens is 1250 g/mol. The molecule has 0 spiro atoms. The fraction of sp³-hybridized carbons (Fsp3) is 0.576. The molecule has 494 valence electrons. The van der Waals surface area contributed by atoms with Crippen LogP contribution in [0, 0.1) is 23.5 Å². The van der Waals surface area contributed by atoms with Gasteiger partial charge in [-0.15, -0.1) is 0 Å². The van der Waals surface area contributed by atoms with Crippen molar-refractivity contribution in [2.24, 2.45) is 11.8 Å². The van der Waals surface area contributed by atoms with Crippen molar-refractivity contribution in [3.63, 3.8) is 0 Å². The lowest BCUT2D eigenvalue weighted by Gasteiger charge is -2.36. The maximum Gasteiger partial charge on any atom is 0.494 e. The second-order valence-corrected chi connectivity index (χ2v) is 28.9. The summed E-state index contributed by atoms with van der Waals surface area (Å²) >= 11 is 3.42. The molecule has 0 unspecified atom stereocenters. The average Bonchev–Trinajstić information content (AvgIpc) is 1.62. The number of pyridine rings is 2. The molecule has 4 atom stereocenters. The number of piperazine rings is 2. The Hall–Kier alpha value is -7.32. The molecule has 0 bridgehead atoms. The van der Waals surface area contributed by atoms with E-state index in [9.17, 15) is 23.6 Å². The molecule has 7 aliphatic rings. The van der Waals surface area contributed by atoms with E-state index in [1.165, 1.54) is 25.0 Å². The molecule has 2 saturated carbocycles. The molecule has 4 aromatic heterocycles. The predicted molar refractivity (Wildman–Crippen MR) is 349 cm³/mol. The van der Waals surface area contributed by atoms with Gasteiger partial charge in [-0.25, -0.2) is 38.3 Å². The highest BCUT2D eigenvalue weighted by molar-refractivity contribution is 9.10. The molecule has 5 aliphatic heterocycles. The lowest BCUT2D eigenvalue weighted by Crippen LogP contribution is -2.50. The molecule has 92 heavy (non-hydrogen) atoms. The SMILES string of the molecule is CC(C)(C)OC(=O)N1CCN(c2ccc(B3OC(C)(C)C(C)(C)O3)cc2F)CC1.C[C@@H](Oc1nc(-c2ccc(N3CCN(C(=O)OC(C)(C)C)CC3)c(F)c2)cc2ncn(C3CC3)c12)[C@H]1CNC(=O)C1.C[C@@H](Oc1nc(Br)cc2ncn(C3CC3)c12)[C@H]1CNC(=O)C1. The Bertz CT molecular complexity index is 3700. The van der Waals surface area contributed by atoms with Gasteiger partial charge in [-0.05, 0) is 167 Å². The topological polar surface area (TPSA) is 222 Å². The third-order valence-electron chi connectivity index (χ3n) is 18.1. The quantitative estimate of drug-likeness (QED) is 0.0859. The van der Waals surface area contributed by atoms with E-state index in [-0.39, 0.29) is 59.7 Å². The van der Waals surface area contributed by atoms with Gasteiger partial charge >= 0.3 is 19.3 Å². The Labute approximate surface area is 545 Å². The first kappa shape index (κ1) is 66.2. The number of ether oxygens (including phenoxy) is 4. The van der Waals surface area contributed by atoms with Crippen LogP contribution in [-0.2, 0) is 28.4 Å². The zero-order valence-corrected chi connectivity index (χ0v) is 56.4. The lowest BCUT2D eigenvalue weighted by molar-refractivity contribution is -0.120. The van der Waals surface area contributed by atoms with Crippen molar-refractivity contribution in [3.05, 3.63) is 77.4 Å². The van der Waals surface area contributed by atoms with Gasteiger partial charge in [0, 0.05) is 108 Å². The molecule has 0 radical (unpaired) electrons. The number of aromatic nitrogens is 6. The molecule has 6 aromatic rings. The minimum atomic E-state index is -0.590. The number of benzene rings is 2. The van der Waals surface area contributed by atoms with E-state index in [0.717, 1.165) is 34.9 Å². The number of halogens is 3. The number of nitrogens with one attached hydrogen (secondary N) is 2. The van der Waals surface area contributed by atoms with Crippen LogP contribution in [0.25, 0.3) is 33.3 Å². The molecule has 26 heteroatoms. The molecule has 22 nitrogen and oxygen atoms in total. The first-order valence-electron chi connectivity index (χ1n) is 32.1. The number of anilines is 2. The fourth-order valence-electron chi connectivity index (χ4n) is 11.8. The van der Waals surface area contributed by atoms with Crippen molar-refractivity contribution in [2.45, 2.75) is 168 Å². The minimum absolute atomic E-state index is 0.0298. The summed E-state index contributed by atoms with van der Waals surface area (Å²) in [7, 11) is -0.590. The van der Waals surface area contributed by atoms with E-state index >= 15 is 4.39 Å². The van der Waals surface area contributed by atoms with E-state index in [0.29, 0.717) is 135 Å². The Balaban J connectivity index is 0.000000149. The number of nitrogens with zero attached hydrogens (tertiary/aromatic N) is 10. The third-order valence-corrected chi connectivity index (χ3v) is 18.5. The van der Waals surface area contributed by atoms with Crippen LogP contribution >= 0.6 is 15.9 Å². The summed E-state index contributed by atoms with van der Waals surface area (Å²) in [5.74, 6) is 0.733. The number of imidazole rings is 2. The standard InChI is InChI=1S/C30H37FN6O4.C21H32BFN2O4.C15H17BrN4O2/c1-18(20-14-26(38)32-16-20)40-28-27-24(33-17-37(27)21-6-7-21)15-23(34-28)19-5-8-25(22(31)13-19)35-9-11-36(12-10-35)29(39)41-30(2,3)4;1-19(2,3)27-18(26)25-12-10-24(11-13-25)17-9-8-15(14-16(17)23)22-28-20(4,5)21(6,7)29-22;1-8(9-4-13(21)17-6-9)22-15-14-11(5-12(16)19-15)18-7-20(14)10-2-3-10/h5,8,13,15,17-18,20-21H,6-7,9-12,14,16H2,1-4H3,(H,32,38);8-9,14H,10-13H2,1-7H3;5,7-10H,2-4,6H2,1H3,(H,17,21)/t18-,20-;;8-,9-/m1.1/s1. The van der Waals surface area contributed by atoms with Gasteiger partial charge in [0.1, 0.15) is 50.7 Å². The molecule has 2 aromatic carbocycles. The van der Waals surface area contributed by atoms with Crippen LogP contribution in [0.4, 0.5) is 29.7 Å². The molecule has 4 amide bonds. The van der Waals surface area contributed by atoms with E-state index < -0.39 is 29.5 Å². The van der Waals surface area contributed by atoms with Gasteiger partial charge in [0.25, 0.3) is 0 Å². The predicted octanol–water partition coefficient (Wildman–Crippen LogP) is 10.1. The molecule has 5 saturated heterocycles. The van der Waals surface area contributed by atoms with Crippen molar-refractivity contribution < 1.29 is 56.2 Å². The van der Waals surface area contributed by atoms with Gasteiger partial charge in [0.2, 0.25) is 23.6 Å². The van der Waals surface area contributed by atoms with Crippen molar-refractivity contribution in [2.75, 3.05) is 75.2 Å². The highest BCUT2D eigenvalue weighted by Crippen LogP contribution is 2.43. The van der Waals surface area contributed by atoms with Crippen molar-refractivity contribution in [3.8, 4) is 23.0 Å². The Morgan fingerprint density at radius 1 is 0.630 bits per heavy atom. The summed E-state index contributed by atoms with van der Waals surface area (Å²) in [4.78, 5) is 73.5. The number of carbonyl (C=O) groups excluding carboxylic acids is 4. The second-order valence-electron chi connectivity index (χ2n) is 28.1. The highest BCUT2D eigenvalue weighted by atomic mass is 79.9. The smallest absolute Gasteiger partial charge is 0.473 e. The van der Waals surface area contributed by atoms with Crippen LogP contribution in [0.5, 0.6) is 11.8 Å². The van der Waals surface area contributed by atoms with Crippen LogP contribution in [0.15, 0.2) is 65.8 Å². The van der Waals surface area contributed by atoms with Gasteiger partial charge in [-0.3, -0.25) is 9.59 Å². The number of rotatable bonds is 12. The second kappa shape index (κ2) is 26.2. The molecule has 2 aliphatic carbocycles. The average molecular weight is 1340 g/mol. The zero-order chi connectivity index (χ0) is 65.8. The molecular formula is C66H86BBrF2N12O10. The summed E-state index contributed by atoms with van der Waals surface area (Å²) in [5, 5.41) is 5.73. The molecule has 13 rings (SSSR count). The maximum atomic E-state index is 15.5. The van der Waals surface area contributed by atoms with Crippen molar-refractivity contribution in [1.29, 1.82) is 0 Å². The Morgan fingerprint density at radius 2 is 1.07 bits per heavy atom. The number of amides is 4. The molecule has 9 heterocycles. The Kier molecular flexibility index (Phi) is 18.9. The van der Waals surface area contributed by atoms with E-state index in [2.05, 4.69) is 50.6 Å². The van der Waals surface area contributed by atoms with E-state index in [1.54, 1.807) is 21.9 Å². The van der Waals surface area contributed by atoms with Crippen molar-refractivity contribution >= 4 is 86.0 Å². The van der Waals surface area contributed by atoms with Crippen LogP contribution < -0.4 is 35.4 Å². The highest BCUT2D eigenvalue weighted by Gasteiger charge is 2.52. The fourth-order valence-corrected chi connectivity index (χ4v) is 12.2.